The quantitative estimate of drug-likeness (QED) is 0.876. The Kier molecular flexibility index (Phi) is 5.34. The van der Waals surface area contributed by atoms with Crippen LogP contribution >= 0.6 is 0 Å². The number of hydrogen-bond acceptors (Lipinski definition) is 3. The largest absolute Gasteiger partial charge is 0.326 e. The zero-order valence-electron chi connectivity index (χ0n) is 14.3. The summed E-state index contributed by atoms with van der Waals surface area (Å²) >= 11 is 0. The molecule has 0 saturated carbocycles. The van der Waals surface area contributed by atoms with Gasteiger partial charge in [0.25, 0.3) is 0 Å². The second kappa shape index (κ2) is 7.45. The van der Waals surface area contributed by atoms with Crippen molar-refractivity contribution in [3.63, 3.8) is 0 Å². The van der Waals surface area contributed by atoms with E-state index in [-0.39, 0.29) is 5.91 Å². The van der Waals surface area contributed by atoms with Crippen LogP contribution in [0, 0.1) is 0 Å². The average molecular weight is 315 g/mol. The van der Waals surface area contributed by atoms with Gasteiger partial charge in [-0.2, -0.15) is 0 Å². The van der Waals surface area contributed by atoms with Gasteiger partial charge in [0, 0.05) is 30.2 Å². The highest BCUT2D eigenvalue weighted by Crippen LogP contribution is 2.28. The number of nitrogens with zero attached hydrogens (tertiary/aromatic N) is 1. The van der Waals surface area contributed by atoms with Gasteiger partial charge in [-0.05, 0) is 63.4 Å². The molecule has 2 saturated heterocycles. The number of amides is 1. The second-order valence-electron chi connectivity index (χ2n) is 6.97. The highest BCUT2D eigenvalue weighted by atomic mass is 16.1. The van der Waals surface area contributed by atoms with E-state index in [0.29, 0.717) is 18.5 Å². The maximum Gasteiger partial charge on any atom is 0.224 e. The van der Waals surface area contributed by atoms with Gasteiger partial charge in [-0.1, -0.05) is 19.1 Å². The molecule has 1 aromatic carbocycles. The van der Waals surface area contributed by atoms with E-state index >= 15 is 0 Å². The van der Waals surface area contributed by atoms with Gasteiger partial charge in [0.2, 0.25) is 5.91 Å². The first-order chi connectivity index (χ1) is 11.2. The molecule has 0 radical (unpaired) electrons. The van der Waals surface area contributed by atoms with Gasteiger partial charge in [-0.25, -0.2) is 0 Å². The number of hydrogen-bond donors (Lipinski definition) is 2. The van der Waals surface area contributed by atoms with E-state index in [2.05, 4.69) is 34.6 Å². The van der Waals surface area contributed by atoms with Gasteiger partial charge in [-0.3, -0.25) is 4.79 Å². The number of benzene rings is 1. The molecule has 126 valence electrons. The smallest absolute Gasteiger partial charge is 0.224 e. The number of nitrogens with one attached hydrogen (secondary N) is 2. The summed E-state index contributed by atoms with van der Waals surface area (Å²) in [6, 6.07) is 10.0. The highest BCUT2D eigenvalue weighted by molar-refractivity contribution is 5.90. The van der Waals surface area contributed by atoms with Crippen molar-refractivity contribution in [1.82, 2.24) is 10.2 Å². The van der Waals surface area contributed by atoms with Crippen molar-refractivity contribution in [1.29, 1.82) is 0 Å². The van der Waals surface area contributed by atoms with Crippen LogP contribution in [0.1, 0.15) is 57.6 Å². The molecule has 0 spiro atoms. The molecule has 2 heterocycles. The van der Waals surface area contributed by atoms with E-state index in [9.17, 15) is 4.79 Å². The van der Waals surface area contributed by atoms with E-state index < -0.39 is 0 Å². The molecule has 3 unspecified atom stereocenters. The molecule has 3 atom stereocenters. The summed E-state index contributed by atoms with van der Waals surface area (Å²) in [5.74, 6) is 0.0623. The summed E-state index contributed by atoms with van der Waals surface area (Å²) < 4.78 is 0. The predicted octanol–water partition coefficient (Wildman–Crippen LogP) is 3.31. The molecule has 2 N–H and O–H groups in total. The molecule has 4 nitrogen and oxygen atoms in total. The Morgan fingerprint density at radius 1 is 1.26 bits per heavy atom. The van der Waals surface area contributed by atoms with Crippen molar-refractivity contribution >= 4 is 11.6 Å². The summed E-state index contributed by atoms with van der Waals surface area (Å²) in [5.41, 5.74) is 2.17. The Morgan fingerprint density at radius 3 is 2.78 bits per heavy atom. The zero-order valence-corrected chi connectivity index (χ0v) is 14.3. The minimum absolute atomic E-state index is 0.0623. The third kappa shape index (κ3) is 4.12. The van der Waals surface area contributed by atoms with Crippen LogP contribution < -0.4 is 10.6 Å². The van der Waals surface area contributed by atoms with Gasteiger partial charge < -0.3 is 15.5 Å². The van der Waals surface area contributed by atoms with Crippen molar-refractivity contribution < 1.29 is 4.79 Å². The first-order valence-corrected chi connectivity index (χ1v) is 9.05. The van der Waals surface area contributed by atoms with Gasteiger partial charge in [-0.15, -0.1) is 0 Å². The van der Waals surface area contributed by atoms with Gasteiger partial charge in [0.15, 0.2) is 0 Å². The van der Waals surface area contributed by atoms with Crippen LogP contribution in [0.15, 0.2) is 24.3 Å². The molecule has 0 aromatic heterocycles. The Hall–Kier alpha value is -1.39. The van der Waals surface area contributed by atoms with E-state index in [0.717, 1.165) is 11.7 Å². The Labute approximate surface area is 139 Å². The van der Waals surface area contributed by atoms with Crippen LogP contribution in [-0.2, 0) is 4.79 Å². The average Bonchev–Trinajstić information content (AvgIpc) is 3.03. The van der Waals surface area contributed by atoms with E-state index in [1.807, 2.05) is 19.1 Å². The van der Waals surface area contributed by atoms with Crippen LogP contribution in [0.4, 0.5) is 5.69 Å². The highest BCUT2D eigenvalue weighted by Gasteiger charge is 2.31. The van der Waals surface area contributed by atoms with Crippen molar-refractivity contribution in [3.8, 4) is 0 Å². The molecule has 1 amide bonds. The third-order valence-electron chi connectivity index (χ3n) is 5.32. The van der Waals surface area contributed by atoms with E-state index in [1.54, 1.807) is 0 Å². The minimum Gasteiger partial charge on any atom is -0.326 e. The summed E-state index contributed by atoms with van der Waals surface area (Å²) in [6.45, 7) is 6.65. The van der Waals surface area contributed by atoms with E-state index in [1.165, 1.54) is 44.3 Å². The molecule has 23 heavy (non-hydrogen) atoms. The fraction of sp³-hybridized carbons (Fsp3) is 0.632. The summed E-state index contributed by atoms with van der Waals surface area (Å²) in [6.07, 6.45) is 5.80. The molecule has 0 aliphatic carbocycles. The fourth-order valence-electron chi connectivity index (χ4n) is 3.93. The second-order valence-corrected chi connectivity index (χ2v) is 6.97. The van der Waals surface area contributed by atoms with Gasteiger partial charge >= 0.3 is 0 Å². The molecular weight excluding hydrogens is 286 g/mol. The molecule has 2 aliphatic heterocycles. The molecular formula is C19H29N3O. The van der Waals surface area contributed by atoms with Crippen molar-refractivity contribution in [2.24, 2.45) is 0 Å². The topological polar surface area (TPSA) is 44.4 Å². The number of fused-ring (bicyclic) bond motifs is 1. The normalized spacial score (nSPS) is 25.8. The van der Waals surface area contributed by atoms with Crippen LogP contribution in [0.3, 0.4) is 0 Å². The molecule has 1 aromatic rings. The molecule has 2 fully saturated rings. The van der Waals surface area contributed by atoms with Gasteiger partial charge in [0.05, 0.1) is 0 Å². The van der Waals surface area contributed by atoms with Crippen LogP contribution in [0.5, 0.6) is 0 Å². The van der Waals surface area contributed by atoms with Crippen LogP contribution in [0.2, 0.25) is 0 Å². The summed E-state index contributed by atoms with van der Waals surface area (Å²) in [4.78, 5) is 14.1. The summed E-state index contributed by atoms with van der Waals surface area (Å²) in [7, 11) is 0. The third-order valence-corrected chi connectivity index (χ3v) is 5.32. The lowest BCUT2D eigenvalue weighted by atomic mass is 9.96. The number of piperidine rings is 1. The molecule has 0 bridgehead atoms. The number of rotatable bonds is 5. The predicted molar refractivity (Wildman–Crippen MR) is 94.5 cm³/mol. The zero-order chi connectivity index (χ0) is 16.2. The fourth-order valence-corrected chi connectivity index (χ4v) is 3.93. The molecule has 3 rings (SSSR count). The standard InChI is InChI=1S/C19H29N3O/c1-3-19(23)21-16-8-6-15(7-9-16)14(2)20-17-10-12-22-11-4-5-18(22)13-17/h6-9,14,17-18,20H,3-5,10-13H2,1-2H3,(H,21,23). The maximum absolute atomic E-state index is 11.4. The lowest BCUT2D eigenvalue weighted by Crippen LogP contribution is -2.46. The Morgan fingerprint density at radius 2 is 2.04 bits per heavy atom. The summed E-state index contributed by atoms with van der Waals surface area (Å²) in [5, 5.41) is 6.70. The monoisotopic (exact) mass is 315 g/mol. The Bertz CT molecular complexity index is 528. The van der Waals surface area contributed by atoms with Crippen molar-refractivity contribution in [3.05, 3.63) is 29.8 Å². The minimum atomic E-state index is 0.0623. The van der Waals surface area contributed by atoms with Crippen LogP contribution in [0.25, 0.3) is 0 Å². The first kappa shape index (κ1) is 16.5. The Balaban J connectivity index is 1.53. The molecule has 2 aliphatic rings. The number of carbonyl (C=O) groups is 1. The molecule has 4 heteroatoms. The van der Waals surface area contributed by atoms with E-state index in [4.69, 9.17) is 0 Å². The first-order valence-electron chi connectivity index (χ1n) is 9.05. The van der Waals surface area contributed by atoms with Gasteiger partial charge in [0.1, 0.15) is 0 Å². The lowest BCUT2D eigenvalue weighted by molar-refractivity contribution is -0.115. The lowest BCUT2D eigenvalue weighted by Gasteiger charge is -2.36. The number of carbonyl (C=O) groups excluding carboxylic acids is 1. The van der Waals surface area contributed by atoms with Crippen molar-refractivity contribution in [2.75, 3.05) is 18.4 Å². The SMILES string of the molecule is CCC(=O)Nc1ccc(C(C)NC2CCN3CCCC3C2)cc1. The maximum atomic E-state index is 11.4. The van der Waals surface area contributed by atoms with Crippen molar-refractivity contribution in [2.45, 2.75) is 64.1 Å². The van der Waals surface area contributed by atoms with Crippen LogP contribution in [-0.4, -0.2) is 36.0 Å². The number of anilines is 1.